The van der Waals surface area contributed by atoms with Crippen molar-refractivity contribution in [2.45, 2.75) is 104 Å². The molecule has 0 heterocycles. The smallest absolute Gasteiger partial charge is 0.303 e. The molecule has 0 aliphatic carbocycles. The molecular weight excluding hydrogens is 236 g/mol. The van der Waals surface area contributed by atoms with E-state index in [1.165, 1.54) is 64.2 Å². The molecule has 0 fully saturated rings. The van der Waals surface area contributed by atoms with Crippen LogP contribution in [0.15, 0.2) is 0 Å². The molecule has 0 amide bonds. The van der Waals surface area contributed by atoms with Crippen LogP contribution >= 0.6 is 0 Å². The standard InChI is InChI=1S/C10H20O2.C7H16/c1-2-3-4-5-6-7-8-9-10(11)12;1-3-5-7-6-4-2/h2-9H2,1H3,(H,11,12);3-7H2,1-2H3. The Labute approximate surface area is 121 Å². The van der Waals surface area contributed by atoms with Gasteiger partial charge in [0.05, 0.1) is 0 Å². The summed E-state index contributed by atoms with van der Waals surface area (Å²) in [6, 6.07) is 0. The Morgan fingerprint density at radius 3 is 1.32 bits per heavy atom. The van der Waals surface area contributed by atoms with Gasteiger partial charge in [-0.15, -0.1) is 0 Å². The predicted molar refractivity (Wildman–Crippen MR) is 84.7 cm³/mol. The summed E-state index contributed by atoms with van der Waals surface area (Å²) in [6.07, 6.45) is 15.7. The van der Waals surface area contributed by atoms with Gasteiger partial charge in [-0.25, -0.2) is 0 Å². The minimum atomic E-state index is -0.663. The highest BCUT2D eigenvalue weighted by Crippen LogP contribution is 2.07. The van der Waals surface area contributed by atoms with E-state index in [2.05, 4.69) is 20.8 Å². The molecule has 0 bridgehead atoms. The first-order chi connectivity index (χ1) is 9.18. The Bertz CT molecular complexity index is 163. The molecule has 116 valence electrons. The van der Waals surface area contributed by atoms with Crippen LogP contribution in [0, 0.1) is 0 Å². The normalized spacial score (nSPS) is 9.84. The van der Waals surface area contributed by atoms with Crippen LogP contribution in [-0.4, -0.2) is 11.1 Å². The lowest BCUT2D eigenvalue weighted by Crippen LogP contribution is -1.93. The lowest BCUT2D eigenvalue weighted by molar-refractivity contribution is -0.137. The number of hydrogen-bond acceptors (Lipinski definition) is 1. The molecule has 0 aromatic rings. The van der Waals surface area contributed by atoms with E-state index in [4.69, 9.17) is 5.11 Å². The Morgan fingerprint density at radius 1 is 0.632 bits per heavy atom. The van der Waals surface area contributed by atoms with Crippen LogP contribution in [-0.2, 0) is 4.79 Å². The van der Waals surface area contributed by atoms with E-state index in [0.29, 0.717) is 6.42 Å². The summed E-state index contributed by atoms with van der Waals surface area (Å²) in [5.41, 5.74) is 0. The van der Waals surface area contributed by atoms with Crippen LogP contribution in [0.25, 0.3) is 0 Å². The topological polar surface area (TPSA) is 37.3 Å². The molecule has 19 heavy (non-hydrogen) atoms. The monoisotopic (exact) mass is 272 g/mol. The van der Waals surface area contributed by atoms with Gasteiger partial charge in [-0.3, -0.25) is 4.79 Å². The first-order valence-electron chi connectivity index (χ1n) is 8.40. The van der Waals surface area contributed by atoms with E-state index < -0.39 is 5.97 Å². The van der Waals surface area contributed by atoms with Crippen molar-refractivity contribution in [2.75, 3.05) is 0 Å². The lowest BCUT2D eigenvalue weighted by Gasteiger charge is -1.98. The molecule has 1 N–H and O–H groups in total. The predicted octanol–water partition coefficient (Wildman–Crippen LogP) is 6.19. The lowest BCUT2D eigenvalue weighted by atomic mass is 10.1. The number of rotatable bonds is 12. The first kappa shape index (κ1) is 20.8. The van der Waals surface area contributed by atoms with Gasteiger partial charge in [0.2, 0.25) is 0 Å². The molecule has 0 aromatic carbocycles. The summed E-state index contributed by atoms with van der Waals surface area (Å²) in [4.78, 5) is 10.1. The third-order valence-electron chi connectivity index (χ3n) is 3.20. The van der Waals surface area contributed by atoms with E-state index in [9.17, 15) is 4.79 Å². The molecule has 0 aromatic heterocycles. The maximum atomic E-state index is 10.1. The first-order valence-corrected chi connectivity index (χ1v) is 8.40. The van der Waals surface area contributed by atoms with E-state index >= 15 is 0 Å². The molecule has 0 radical (unpaired) electrons. The highest BCUT2D eigenvalue weighted by Gasteiger charge is 1.95. The van der Waals surface area contributed by atoms with Crippen LogP contribution < -0.4 is 0 Å². The molecule has 2 nitrogen and oxygen atoms in total. The summed E-state index contributed by atoms with van der Waals surface area (Å²) in [5, 5.41) is 8.35. The number of carboxylic acids is 1. The summed E-state index contributed by atoms with van der Waals surface area (Å²) in [5.74, 6) is -0.663. The van der Waals surface area contributed by atoms with Crippen LogP contribution in [0.4, 0.5) is 0 Å². The fraction of sp³-hybridized carbons (Fsp3) is 0.941. The van der Waals surface area contributed by atoms with Crippen molar-refractivity contribution in [1.29, 1.82) is 0 Å². The Kier molecular flexibility index (Phi) is 21.7. The second-order valence-electron chi connectivity index (χ2n) is 5.33. The van der Waals surface area contributed by atoms with Gasteiger partial charge in [0.25, 0.3) is 0 Å². The molecule has 0 aliphatic heterocycles. The largest absolute Gasteiger partial charge is 0.481 e. The fourth-order valence-corrected chi connectivity index (χ4v) is 1.91. The van der Waals surface area contributed by atoms with Gasteiger partial charge in [-0.2, -0.15) is 0 Å². The van der Waals surface area contributed by atoms with Crippen molar-refractivity contribution < 1.29 is 9.90 Å². The minimum absolute atomic E-state index is 0.341. The zero-order valence-electron chi connectivity index (χ0n) is 13.5. The number of aliphatic carboxylic acids is 1. The Morgan fingerprint density at radius 2 is 0.947 bits per heavy atom. The van der Waals surface area contributed by atoms with Gasteiger partial charge in [-0.05, 0) is 6.42 Å². The van der Waals surface area contributed by atoms with Crippen LogP contribution in [0.3, 0.4) is 0 Å². The average Bonchev–Trinajstić information content (AvgIpc) is 2.39. The second-order valence-corrected chi connectivity index (χ2v) is 5.33. The molecule has 0 aliphatic rings. The zero-order valence-corrected chi connectivity index (χ0v) is 13.5. The number of hydrogen-bond donors (Lipinski definition) is 1. The van der Waals surface area contributed by atoms with Crippen LogP contribution in [0.1, 0.15) is 104 Å². The van der Waals surface area contributed by atoms with Crippen molar-refractivity contribution in [3.63, 3.8) is 0 Å². The second kappa shape index (κ2) is 19.8. The van der Waals surface area contributed by atoms with E-state index in [-0.39, 0.29) is 0 Å². The number of carboxylic acid groups (broad SMARTS) is 1. The summed E-state index contributed by atoms with van der Waals surface area (Å²) >= 11 is 0. The van der Waals surface area contributed by atoms with Crippen molar-refractivity contribution >= 4 is 5.97 Å². The van der Waals surface area contributed by atoms with Gasteiger partial charge in [0.1, 0.15) is 0 Å². The molecule has 0 spiro atoms. The van der Waals surface area contributed by atoms with Crippen LogP contribution in [0.2, 0.25) is 0 Å². The number of unbranched alkanes of at least 4 members (excludes halogenated alkanes) is 10. The minimum Gasteiger partial charge on any atom is -0.481 e. The Hall–Kier alpha value is -0.530. The van der Waals surface area contributed by atoms with Crippen molar-refractivity contribution in [3.8, 4) is 0 Å². The zero-order chi connectivity index (χ0) is 14.8. The molecule has 0 saturated heterocycles. The highest BCUT2D eigenvalue weighted by molar-refractivity contribution is 5.66. The van der Waals surface area contributed by atoms with Gasteiger partial charge < -0.3 is 5.11 Å². The third kappa shape index (κ3) is 26.9. The van der Waals surface area contributed by atoms with Gasteiger partial charge in [-0.1, -0.05) is 91.4 Å². The van der Waals surface area contributed by atoms with Crippen LogP contribution in [0.5, 0.6) is 0 Å². The van der Waals surface area contributed by atoms with E-state index in [1.54, 1.807) is 0 Å². The quantitative estimate of drug-likeness (QED) is 0.430. The highest BCUT2D eigenvalue weighted by atomic mass is 16.4. The summed E-state index contributed by atoms with van der Waals surface area (Å²) < 4.78 is 0. The molecule has 0 rings (SSSR count). The van der Waals surface area contributed by atoms with E-state index in [1.807, 2.05) is 0 Å². The van der Waals surface area contributed by atoms with Gasteiger partial charge >= 0.3 is 5.97 Å². The molecule has 2 heteroatoms. The van der Waals surface area contributed by atoms with Crippen molar-refractivity contribution in [1.82, 2.24) is 0 Å². The Balaban J connectivity index is 0. The summed E-state index contributed by atoms with van der Waals surface area (Å²) in [7, 11) is 0. The average molecular weight is 272 g/mol. The van der Waals surface area contributed by atoms with Gasteiger partial charge in [0, 0.05) is 6.42 Å². The maximum absolute atomic E-state index is 10.1. The molecule has 0 unspecified atom stereocenters. The van der Waals surface area contributed by atoms with E-state index in [0.717, 1.165) is 12.8 Å². The van der Waals surface area contributed by atoms with Crippen molar-refractivity contribution in [2.24, 2.45) is 0 Å². The van der Waals surface area contributed by atoms with Crippen molar-refractivity contribution in [3.05, 3.63) is 0 Å². The molecule has 0 saturated carbocycles. The maximum Gasteiger partial charge on any atom is 0.303 e. The molecular formula is C17H36O2. The SMILES string of the molecule is CCCCCCC.CCCCCCCCCC(=O)O. The fourth-order valence-electron chi connectivity index (χ4n) is 1.91. The van der Waals surface area contributed by atoms with Gasteiger partial charge in [0.15, 0.2) is 0 Å². The number of carbonyl (C=O) groups is 1. The third-order valence-corrected chi connectivity index (χ3v) is 3.20. The summed E-state index contributed by atoms with van der Waals surface area (Å²) in [6.45, 7) is 6.69. The molecule has 0 atom stereocenters.